The van der Waals surface area contributed by atoms with Crippen LogP contribution in [0.4, 0.5) is 10.5 Å². The highest BCUT2D eigenvalue weighted by molar-refractivity contribution is 8.13. The number of hydrogen-bond donors (Lipinski definition) is 0. The summed E-state index contributed by atoms with van der Waals surface area (Å²) in [4.78, 5) is 36.5. The number of ether oxygens (including phenoxy) is 1. The summed E-state index contributed by atoms with van der Waals surface area (Å²) < 4.78 is 28.9. The summed E-state index contributed by atoms with van der Waals surface area (Å²) in [5, 5.41) is -0.172. The van der Waals surface area contributed by atoms with Crippen LogP contribution >= 0.6 is 11.8 Å². The average Bonchev–Trinajstić information content (AvgIpc) is 2.96. The molecule has 0 spiro atoms. The van der Waals surface area contributed by atoms with Crippen LogP contribution in [-0.4, -0.2) is 69.1 Å². The Labute approximate surface area is 150 Å². The van der Waals surface area contributed by atoms with Crippen LogP contribution in [0.15, 0.2) is 24.3 Å². The molecular weight excluding hydrogens is 368 g/mol. The van der Waals surface area contributed by atoms with Crippen LogP contribution in [0.1, 0.15) is 10.4 Å². The summed E-state index contributed by atoms with van der Waals surface area (Å²) >= 11 is 1.14. The number of Topliss-reactive ketones (excluding diaryl/α,β-unsaturated/α-hetero) is 1. The molecule has 1 aliphatic rings. The van der Waals surface area contributed by atoms with Crippen molar-refractivity contribution in [1.29, 1.82) is 0 Å². The molecule has 0 bridgehead atoms. The van der Waals surface area contributed by atoms with Gasteiger partial charge in [-0.3, -0.25) is 18.7 Å². The van der Waals surface area contributed by atoms with Crippen molar-refractivity contribution in [3.8, 4) is 0 Å². The van der Waals surface area contributed by atoms with Gasteiger partial charge in [-0.2, -0.15) is 0 Å². The largest absolute Gasteiger partial charge is 0.456 e. The zero-order chi connectivity index (χ0) is 18.6. The number of ketones is 1. The van der Waals surface area contributed by atoms with E-state index < -0.39 is 28.4 Å². The molecule has 0 unspecified atom stereocenters. The number of amides is 1. The van der Waals surface area contributed by atoms with Gasteiger partial charge in [-0.25, -0.2) is 8.42 Å². The van der Waals surface area contributed by atoms with Crippen LogP contribution in [0.3, 0.4) is 0 Å². The van der Waals surface area contributed by atoms with Gasteiger partial charge in [0.05, 0.1) is 11.9 Å². The predicted octanol–water partition coefficient (Wildman–Crippen LogP) is 0.977. The van der Waals surface area contributed by atoms with E-state index in [1.807, 2.05) is 0 Å². The van der Waals surface area contributed by atoms with Crippen LogP contribution in [0.5, 0.6) is 0 Å². The van der Waals surface area contributed by atoms with Crippen LogP contribution in [0, 0.1) is 0 Å². The molecule has 1 saturated heterocycles. The standard InChI is InChI=1S/C15H18N2O6S2/c1-16(25(2,21)22)12-5-3-11(4-6-12)13(18)10-23-14(19)9-17-7-8-24-15(17)20/h3-6H,7-10H2,1-2H3. The molecule has 0 aliphatic carbocycles. The molecule has 8 nitrogen and oxygen atoms in total. The van der Waals surface area contributed by atoms with E-state index in [9.17, 15) is 22.8 Å². The quantitative estimate of drug-likeness (QED) is 0.508. The van der Waals surface area contributed by atoms with E-state index in [4.69, 9.17) is 4.74 Å². The van der Waals surface area contributed by atoms with Crippen molar-refractivity contribution in [3.05, 3.63) is 29.8 Å². The van der Waals surface area contributed by atoms with Gasteiger partial charge in [0, 0.05) is 24.9 Å². The molecule has 0 N–H and O–H groups in total. The molecule has 0 aromatic heterocycles. The van der Waals surface area contributed by atoms with Crippen LogP contribution in [0.25, 0.3) is 0 Å². The topological polar surface area (TPSA) is 101 Å². The maximum absolute atomic E-state index is 12.0. The second-order valence-corrected chi connectivity index (χ2v) is 8.46. The van der Waals surface area contributed by atoms with Crippen molar-refractivity contribution in [1.82, 2.24) is 4.90 Å². The van der Waals surface area contributed by atoms with E-state index >= 15 is 0 Å². The first-order valence-electron chi connectivity index (χ1n) is 7.33. The molecule has 136 valence electrons. The first-order valence-corrected chi connectivity index (χ1v) is 10.2. The number of sulfonamides is 1. The van der Waals surface area contributed by atoms with Gasteiger partial charge < -0.3 is 9.64 Å². The van der Waals surface area contributed by atoms with Gasteiger partial charge in [0.25, 0.3) is 5.24 Å². The normalized spacial score (nSPS) is 14.5. The maximum atomic E-state index is 12.0. The van der Waals surface area contributed by atoms with Crippen molar-refractivity contribution < 1.29 is 27.5 Å². The molecule has 1 fully saturated rings. The molecule has 0 radical (unpaired) electrons. The van der Waals surface area contributed by atoms with Crippen molar-refractivity contribution >= 4 is 44.5 Å². The van der Waals surface area contributed by atoms with Crippen molar-refractivity contribution in [2.24, 2.45) is 0 Å². The molecule has 2 rings (SSSR count). The SMILES string of the molecule is CN(c1ccc(C(=O)COC(=O)CN2CCSC2=O)cc1)S(C)(=O)=O. The Morgan fingerprint density at radius 3 is 2.44 bits per heavy atom. The number of esters is 1. The Morgan fingerprint density at radius 1 is 1.28 bits per heavy atom. The number of thioether (sulfide) groups is 1. The summed E-state index contributed by atoms with van der Waals surface area (Å²) in [6, 6.07) is 5.92. The van der Waals surface area contributed by atoms with E-state index in [1.165, 1.54) is 36.2 Å². The third-order valence-electron chi connectivity index (χ3n) is 3.58. The zero-order valence-electron chi connectivity index (χ0n) is 13.8. The second-order valence-electron chi connectivity index (χ2n) is 5.40. The van der Waals surface area contributed by atoms with Crippen LogP contribution < -0.4 is 4.31 Å². The first-order chi connectivity index (χ1) is 11.7. The summed E-state index contributed by atoms with van der Waals surface area (Å²) in [7, 11) is -1.97. The molecule has 0 saturated carbocycles. The molecule has 1 heterocycles. The van der Waals surface area contributed by atoms with Crippen molar-refractivity contribution in [3.63, 3.8) is 0 Å². The van der Waals surface area contributed by atoms with Crippen LogP contribution in [-0.2, 0) is 19.6 Å². The van der Waals surface area contributed by atoms with Gasteiger partial charge in [0.1, 0.15) is 6.54 Å². The average molecular weight is 386 g/mol. The van der Waals surface area contributed by atoms with E-state index in [1.54, 1.807) is 0 Å². The number of carbonyl (C=O) groups excluding carboxylic acids is 3. The molecular formula is C15H18N2O6S2. The molecule has 1 amide bonds. The summed E-state index contributed by atoms with van der Waals surface area (Å²) in [5.74, 6) is -0.416. The van der Waals surface area contributed by atoms with Gasteiger partial charge in [-0.1, -0.05) is 11.8 Å². The van der Waals surface area contributed by atoms with Crippen molar-refractivity contribution in [2.75, 3.05) is 43.1 Å². The second kappa shape index (κ2) is 7.87. The van der Waals surface area contributed by atoms with Gasteiger partial charge in [-0.05, 0) is 24.3 Å². The number of nitrogens with zero attached hydrogens (tertiary/aromatic N) is 2. The Bertz CT molecular complexity index is 776. The summed E-state index contributed by atoms with van der Waals surface area (Å²) in [5.41, 5.74) is 0.715. The van der Waals surface area contributed by atoms with E-state index in [2.05, 4.69) is 0 Å². The van der Waals surface area contributed by atoms with E-state index in [0.717, 1.165) is 22.3 Å². The Morgan fingerprint density at radius 2 is 1.92 bits per heavy atom. The van der Waals surface area contributed by atoms with E-state index in [-0.39, 0.29) is 11.8 Å². The van der Waals surface area contributed by atoms with Gasteiger partial charge in [0.2, 0.25) is 10.0 Å². The van der Waals surface area contributed by atoms with Crippen LogP contribution in [0.2, 0.25) is 0 Å². The third kappa shape index (κ3) is 5.20. The molecule has 1 aromatic rings. The first kappa shape index (κ1) is 19.3. The lowest BCUT2D eigenvalue weighted by Crippen LogP contribution is -2.31. The number of hydrogen-bond acceptors (Lipinski definition) is 7. The fraction of sp³-hybridized carbons (Fsp3) is 0.400. The Kier molecular flexibility index (Phi) is 6.07. The van der Waals surface area contributed by atoms with Crippen molar-refractivity contribution in [2.45, 2.75) is 0 Å². The lowest BCUT2D eigenvalue weighted by atomic mass is 10.1. The lowest BCUT2D eigenvalue weighted by Gasteiger charge is -2.16. The zero-order valence-corrected chi connectivity index (χ0v) is 15.4. The molecule has 10 heteroatoms. The fourth-order valence-electron chi connectivity index (χ4n) is 2.05. The Balaban J connectivity index is 1.88. The highest BCUT2D eigenvalue weighted by Crippen LogP contribution is 2.18. The Hall–Kier alpha value is -2.07. The predicted molar refractivity (Wildman–Crippen MR) is 94.4 cm³/mol. The van der Waals surface area contributed by atoms with Gasteiger partial charge in [0.15, 0.2) is 12.4 Å². The van der Waals surface area contributed by atoms with Gasteiger partial charge in [-0.15, -0.1) is 0 Å². The van der Waals surface area contributed by atoms with E-state index in [0.29, 0.717) is 23.5 Å². The molecule has 0 atom stereocenters. The third-order valence-corrected chi connectivity index (χ3v) is 5.68. The highest BCUT2D eigenvalue weighted by atomic mass is 32.2. The minimum absolute atomic E-state index is 0.169. The van der Waals surface area contributed by atoms with Gasteiger partial charge >= 0.3 is 5.97 Å². The maximum Gasteiger partial charge on any atom is 0.326 e. The monoisotopic (exact) mass is 386 g/mol. The number of carbonyl (C=O) groups is 3. The molecule has 1 aliphatic heterocycles. The summed E-state index contributed by atoms with van der Waals surface area (Å²) in [6.07, 6.45) is 1.08. The minimum atomic E-state index is -3.38. The smallest absolute Gasteiger partial charge is 0.326 e. The summed E-state index contributed by atoms with van der Waals surface area (Å²) in [6.45, 7) is -0.117. The lowest BCUT2D eigenvalue weighted by molar-refractivity contribution is -0.142. The molecule has 1 aromatic carbocycles. The fourth-order valence-corrected chi connectivity index (χ4v) is 3.38. The minimum Gasteiger partial charge on any atom is -0.456 e. The highest BCUT2D eigenvalue weighted by Gasteiger charge is 2.24. The molecule has 25 heavy (non-hydrogen) atoms. The number of anilines is 1. The number of benzene rings is 1. The number of rotatable bonds is 7.